The smallest absolute Gasteiger partial charge is 0.152 e. The standard InChI is InChI=1S/C17H24ClNO2/c1-4-10-19-15(9-8-12(2)20-3)16-11-13-6-5-7-14(18)17(13)21-16/h5-7,11-12,15,19H,4,8-10H2,1-3H3. The van der Waals surface area contributed by atoms with Gasteiger partial charge in [-0.25, -0.2) is 0 Å². The van der Waals surface area contributed by atoms with Gasteiger partial charge in [0.1, 0.15) is 5.76 Å². The maximum atomic E-state index is 6.20. The summed E-state index contributed by atoms with van der Waals surface area (Å²) in [4.78, 5) is 0. The second kappa shape index (κ2) is 7.83. The topological polar surface area (TPSA) is 34.4 Å². The molecule has 4 heteroatoms. The Morgan fingerprint density at radius 3 is 2.81 bits per heavy atom. The van der Waals surface area contributed by atoms with Crippen molar-refractivity contribution < 1.29 is 9.15 Å². The molecule has 0 bridgehead atoms. The molecule has 0 spiro atoms. The van der Waals surface area contributed by atoms with Crippen molar-refractivity contribution in [3.05, 3.63) is 35.0 Å². The number of hydrogen-bond donors (Lipinski definition) is 1. The zero-order valence-corrected chi connectivity index (χ0v) is 13.7. The van der Waals surface area contributed by atoms with E-state index in [0.717, 1.165) is 42.5 Å². The van der Waals surface area contributed by atoms with E-state index >= 15 is 0 Å². The largest absolute Gasteiger partial charge is 0.458 e. The van der Waals surface area contributed by atoms with Crippen molar-refractivity contribution in [3.63, 3.8) is 0 Å². The molecular formula is C17H24ClNO2. The van der Waals surface area contributed by atoms with Crippen LogP contribution in [0.1, 0.15) is 44.9 Å². The van der Waals surface area contributed by atoms with Gasteiger partial charge in [0.25, 0.3) is 0 Å². The van der Waals surface area contributed by atoms with E-state index in [1.807, 2.05) is 18.2 Å². The maximum absolute atomic E-state index is 6.20. The van der Waals surface area contributed by atoms with Crippen LogP contribution in [0.15, 0.2) is 28.7 Å². The Morgan fingerprint density at radius 2 is 2.14 bits per heavy atom. The Labute approximate surface area is 131 Å². The van der Waals surface area contributed by atoms with Crippen LogP contribution in [-0.4, -0.2) is 19.8 Å². The van der Waals surface area contributed by atoms with Crippen molar-refractivity contribution in [2.45, 2.75) is 45.3 Å². The molecule has 2 aromatic rings. The van der Waals surface area contributed by atoms with E-state index in [2.05, 4.69) is 25.2 Å². The van der Waals surface area contributed by atoms with Crippen LogP contribution in [0.25, 0.3) is 11.0 Å². The van der Waals surface area contributed by atoms with Gasteiger partial charge in [-0.05, 0) is 44.9 Å². The predicted octanol–water partition coefficient (Wildman–Crippen LogP) is 4.94. The van der Waals surface area contributed by atoms with Crippen molar-refractivity contribution in [3.8, 4) is 0 Å². The number of rotatable bonds is 8. The Hall–Kier alpha value is -1.03. The van der Waals surface area contributed by atoms with Crippen molar-refractivity contribution >= 4 is 22.6 Å². The molecule has 2 unspecified atom stereocenters. The second-order valence-corrected chi connectivity index (χ2v) is 5.84. The molecule has 1 heterocycles. The van der Waals surface area contributed by atoms with Crippen LogP contribution < -0.4 is 5.32 Å². The first-order valence-electron chi connectivity index (χ1n) is 7.59. The number of para-hydroxylation sites is 1. The summed E-state index contributed by atoms with van der Waals surface area (Å²) in [7, 11) is 1.75. The molecule has 2 rings (SSSR count). The van der Waals surface area contributed by atoms with E-state index in [0.29, 0.717) is 5.02 Å². The molecule has 0 fully saturated rings. The first kappa shape index (κ1) is 16.3. The predicted molar refractivity (Wildman–Crippen MR) is 88.0 cm³/mol. The van der Waals surface area contributed by atoms with E-state index < -0.39 is 0 Å². The van der Waals surface area contributed by atoms with Crippen LogP contribution in [0.3, 0.4) is 0 Å². The highest BCUT2D eigenvalue weighted by molar-refractivity contribution is 6.34. The highest BCUT2D eigenvalue weighted by atomic mass is 35.5. The van der Waals surface area contributed by atoms with Crippen LogP contribution in [0.4, 0.5) is 0 Å². The highest BCUT2D eigenvalue weighted by Crippen LogP contribution is 2.31. The molecular weight excluding hydrogens is 286 g/mol. The normalized spacial score (nSPS) is 14.5. The minimum Gasteiger partial charge on any atom is -0.458 e. The van der Waals surface area contributed by atoms with Gasteiger partial charge in [-0.15, -0.1) is 0 Å². The number of hydrogen-bond acceptors (Lipinski definition) is 3. The SMILES string of the molecule is CCCNC(CCC(C)OC)c1cc2cccc(Cl)c2o1. The van der Waals surface area contributed by atoms with Gasteiger partial charge in [0, 0.05) is 12.5 Å². The molecule has 2 atom stereocenters. The third-order valence-corrected chi connectivity index (χ3v) is 4.06. The van der Waals surface area contributed by atoms with E-state index in [1.165, 1.54) is 0 Å². The van der Waals surface area contributed by atoms with E-state index in [1.54, 1.807) is 7.11 Å². The summed E-state index contributed by atoms with van der Waals surface area (Å²) in [6.07, 6.45) is 3.32. The van der Waals surface area contributed by atoms with Gasteiger partial charge in [-0.2, -0.15) is 0 Å². The number of fused-ring (bicyclic) bond motifs is 1. The molecule has 0 aliphatic carbocycles. The fourth-order valence-electron chi connectivity index (χ4n) is 2.40. The molecule has 1 N–H and O–H groups in total. The van der Waals surface area contributed by atoms with Gasteiger partial charge >= 0.3 is 0 Å². The lowest BCUT2D eigenvalue weighted by Crippen LogP contribution is -2.23. The van der Waals surface area contributed by atoms with E-state index in [4.69, 9.17) is 20.8 Å². The zero-order chi connectivity index (χ0) is 15.2. The third kappa shape index (κ3) is 4.22. The minimum absolute atomic E-state index is 0.200. The van der Waals surface area contributed by atoms with Gasteiger partial charge in [0.2, 0.25) is 0 Å². The fraction of sp³-hybridized carbons (Fsp3) is 0.529. The monoisotopic (exact) mass is 309 g/mol. The zero-order valence-electron chi connectivity index (χ0n) is 13.0. The van der Waals surface area contributed by atoms with Crippen LogP contribution in [0.5, 0.6) is 0 Å². The Kier molecular flexibility index (Phi) is 6.09. The molecule has 21 heavy (non-hydrogen) atoms. The van der Waals surface area contributed by atoms with Crippen molar-refractivity contribution in [2.75, 3.05) is 13.7 Å². The number of benzene rings is 1. The summed E-state index contributed by atoms with van der Waals surface area (Å²) in [6, 6.07) is 8.13. The Balaban J connectivity index is 2.18. The molecule has 0 aliphatic heterocycles. The maximum Gasteiger partial charge on any atom is 0.152 e. The number of halogens is 1. The molecule has 116 valence electrons. The highest BCUT2D eigenvalue weighted by Gasteiger charge is 2.17. The van der Waals surface area contributed by atoms with Crippen molar-refractivity contribution in [1.82, 2.24) is 5.32 Å². The lowest BCUT2D eigenvalue weighted by atomic mass is 10.1. The van der Waals surface area contributed by atoms with Crippen molar-refractivity contribution in [1.29, 1.82) is 0 Å². The van der Waals surface area contributed by atoms with E-state index in [9.17, 15) is 0 Å². The Morgan fingerprint density at radius 1 is 1.33 bits per heavy atom. The van der Waals surface area contributed by atoms with Crippen LogP contribution >= 0.6 is 11.6 Å². The lowest BCUT2D eigenvalue weighted by molar-refractivity contribution is 0.105. The minimum atomic E-state index is 0.200. The quantitative estimate of drug-likeness (QED) is 0.750. The molecule has 0 aliphatic rings. The van der Waals surface area contributed by atoms with Gasteiger partial charge in [0.15, 0.2) is 5.58 Å². The first-order valence-corrected chi connectivity index (χ1v) is 7.97. The molecule has 1 aromatic heterocycles. The van der Waals surface area contributed by atoms with Gasteiger partial charge < -0.3 is 14.5 Å². The van der Waals surface area contributed by atoms with Crippen molar-refractivity contribution in [2.24, 2.45) is 0 Å². The van der Waals surface area contributed by atoms with Crippen LogP contribution in [-0.2, 0) is 4.74 Å². The van der Waals surface area contributed by atoms with Crippen LogP contribution in [0, 0.1) is 0 Å². The molecule has 0 saturated heterocycles. The summed E-state index contributed by atoms with van der Waals surface area (Å²) < 4.78 is 11.3. The molecule has 1 aromatic carbocycles. The number of methoxy groups -OCH3 is 1. The first-order chi connectivity index (χ1) is 10.2. The molecule has 0 saturated carbocycles. The number of nitrogens with one attached hydrogen (secondary N) is 1. The summed E-state index contributed by atoms with van der Waals surface area (Å²) in [6.45, 7) is 5.22. The van der Waals surface area contributed by atoms with Crippen LogP contribution in [0.2, 0.25) is 5.02 Å². The molecule has 0 radical (unpaired) electrons. The average molecular weight is 310 g/mol. The summed E-state index contributed by atoms with van der Waals surface area (Å²) in [5.74, 6) is 0.954. The number of furan rings is 1. The van der Waals surface area contributed by atoms with Gasteiger partial charge in [-0.1, -0.05) is 30.7 Å². The third-order valence-electron chi connectivity index (χ3n) is 3.76. The average Bonchev–Trinajstić information content (AvgIpc) is 2.92. The second-order valence-electron chi connectivity index (χ2n) is 5.44. The fourth-order valence-corrected chi connectivity index (χ4v) is 2.62. The summed E-state index contributed by atoms with van der Waals surface area (Å²) >= 11 is 6.20. The summed E-state index contributed by atoms with van der Waals surface area (Å²) in [5, 5.41) is 5.27. The molecule has 0 amide bonds. The van der Waals surface area contributed by atoms with Gasteiger partial charge in [0.05, 0.1) is 17.2 Å². The molecule has 3 nitrogen and oxygen atoms in total. The lowest BCUT2D eigenvalue weighted by Gasteiger charge is -2.18. The van der Waals surface area contributed by atoms with Gasteiger partial charge in [-0.3, -0.25) is 0 Å². The Bertz CT molecular complexity index is 567. The summed E-state index contributed by atoms with van der Waals surface area (Å²) in [5.41, 5.74) is 0.775. The number of ether oxygens (including phenoxy) is 1. The van der Waals surface area contributed by atoms with E-state index in [-0.39, 0.29) is 12.1 Å².